The summed E-state index contributed by atoms with van der Waals surface area (Å²) in [7, 11) is 2.97. The number of esters is 1. The molecule has 13 heteroatoms. The number of carbonyl (C=O) groups excluding carboxylic acids is 5. The normalized spacial score (nSPS) is 38.8. The number of methoxy groups -OCH3 is 2. The number of carbonyl (C=O) groups is 5. The molecule has 1 aliphatic carbocycles. The van der Waals surface area contributed by atoms with E-state index in [-0.39, 0.29) is 54.8 Å². The van der Waals surface area contributed by atoms with E-state index in [9.17, 15) is 34.2 Å². The van der Waals surface area contributed by atoms with Gasteiger partial charge in [0.1, 0.15) is 30.1 Å². The Hall–Kier alpha value is -3.59. The van der Waals surface area contributed by atoms with Crippen molar-refractivity contribution in [2.45, 2.75) is 180 Å². The highest BCUT2D eigenvalue weighted by atomic mass is 16.6. The molecule has 66 heavy (non-hydrogen) atoms. The Balaban J connectivity index is 1.70. The van der Waals surface area contributed by atoms with Gasteiger partial charge in [-0.25, -0.2) is 4.79 Å². The van der Waals surface area contributed by atoms with Gasteiger partial charge in [0.05, 0.1) is 24.9 Å². The molecule has 14 atom stereocenters. The zero-order chi connectivity index (χ0) is 48.7. The molecule has 0 radical (unpaired) electrons. The van der Waals surface area contributed by atoms with Gasteiger partial charge in [-0.05, 0) is 101 Å². The molecule has 2 saturated heterocycles. The largest absolute Gasteiger partial charge is 0.460 e. The zero-order valence-corrected chi connectivity index (χ0v) is 41.3. The summed E-state index contributed by atoms with van der Waals surface area (Å²) < 4.78 is 29.9. The van der Waals surface area contributed by atoms with Crippen LogP contribution in [0, 0.1) is 35.5 Å². The Morgan fingerprint density at radius 3 is 2.35 bits per heavy atom. The topological polar surface area (TPSA) is 175 Å². The molecule has 1 amide bonds. The van der Waals surface area contributed by atoms with Gasteiger partial charge in [-0.3, -0.25) is 19.2 Å². The lowest BCUT2D eigenvalue weighted by Crippen LogP contribution is -2.61. The van der Waals surface area contributed by atoms with Gasteiger partial charge in [0.2, 0.25) is 5.79 Å². The van der Waals surface area contributed by atoms with Gasteiger partial charge >= 0.3 is 5.97 Å². The summed E-state index contributed by atoms with van der Waals surface area (Å²) in [6.45, 7) is 17.1. The second kappa shape index (κ2) is 26.2. The Morgan fingerprint density at radius 2 is 1.65 bits per heavy atom. The van der Waals surface area contributed by atoms with Gasteiger partial charge in [-0.1, -0.05) is 90.0 Å². The first-order valence-corrected chi connectivity index (χ1v) is 24.5. The number of fused-ring (bicyclic) bond motifs is 3. The first kappa shape index (κ1) is 55.0. The molecule has 0 aromatic heterocycles. The van der Waals surface area contributed by atoms with Crippen molar-refractivity contribution in [3.05, 3.63) is 60.3 Å². The maximum absolute atomic E-state index is 14.4. The zero-order valence-electron chi connectivity index (χ0n) is 41.3. The number of piperidine rings is 1. The Kier molecular flexibility index (Phi) is 21.9. The van der Waals surface area contributed by atoms with Crippen LogP contribution in [-0.2, 0) is 47.7 Å². The van der Waals surface area contributed by atoms with Crippen molar-refractivity contribution >= 4 is 29.2 Å². The highest BCUT2D eigenvalue weighted by Crippen LogP contribution is 2.38. The number of hydrogen-bond donors (Lipinski definition) is 2. The van der Waals surface area contributed by atoms with E-state index in [0.717, 1.165) is 31.3 Å². The Morgan fingerprint density at radius 1 is 0.909 bits per heavy atom. The van der Waals surface area contributed by atoms with Gasteiger partial charge in [0.15, 0.2) is 5.78 Å². The van der Waals surface area contributed by atoms with Gasteiger partial charge in [-0.2, -0.15) is 0 Å². The Bertz CT molecular complexity index is 1790. The van der Waals surface area contributed by atoms with Crippen LogP contribution in [-0.4, -0.2) is 120 Å². The van der Waals surface area contributed by atoms with Crippen LogP contribution in [0.5, 0.6) is 0 Å². The summed E-state index contributed by atoms with van der Waals surface area (Å²) in [5.41, 5.74) is 1.29. The molecule has 370 valence electrons. The average Bonchev–Trinajstić information content (AvgIpc) is 3.29. The summed E-state index contributed by atoms with van der Waals surface area (Å²) in [5, 5.41) is 23.4. The Labute approximate surface area is 394 Å². The molecule has 0 spiro atoms. The van der Waals surface area contributed by atoms with Crippen LogP contribution in [0.2, 0.25) is 0 Å². The predicted octanol–water partition coefficient (Wildman–Crippen LogP) is 7.77. The SMILES string of the molecule is C=CCO[C@H]1CCCC(C[C@@H](C)[C@@H]2CC(=O)[C@H](C)/C=C(\C)[C@@H](O)[C@@H](OC)C(=O)[C@H](C)C[C@H](C)/C=C/C=C/C=C(\C)[C@@H](OC)C[C@@H]3CC[C@@H](C)[C@@](O)(O3)C(=O)C(=O)N3CCCC[C@H]3C(=O)O2)C1. The molecule has 1 saturated carbocycles. The lowest BCUT2D eigenvalue weighted by Gasteiger charge is -2.42. The summed E-state index contributed by atoms with van der Waals surface area (Å²) in [6, 6.07) is -1.11. The van der Waals surface area contributed by atoms with E-state index in [1.165, 1.54) is 12.0 Å². The summed E-state index contributed by atoms with van der Waals surface area (Å²) in [4.78, 5) is 72.0. The highest BCUT2D eigenvalue weighted by molar-refractivity contribution is 6.39. The monoisotopic (exact) mass is 924 g/mol. The van der Waals surface area contributed by atoms with Crippen molar-refractivity contribution in [2.75, 3.05) is 27.4 Å². The van der Waals surface area contributed by atoms with E-state index in [2.05, 4.69) is 6.58 Å². The standard InChI is InChI=1S/C53H81NO12/c1-11-26-64-41-21-17-20-40(30-41)29-36(5)46-32-44(55)35(4)28-38(7)48(57)49(63-10)47(56)37(6)27-33(2)18-13-12-14-19-34(3)45(62-9)31-42-24-23-39(8)53(61,66-42)50(58)51(59)54-25-16-15-22-43(54)52(60)65-46/h11-14,18-19,28,33,35-37,39-43,45-46,48-49,57,61H,1,15-17,20-27,29-32H2,2-10H3/b14-12+,18-13+,34-19+,38-28+/t33-,35-,36-,37-,39-,40?,41+,42+,43+,45+,46+,48-,49+,53-/m1/s1. The third-order valence-electron chi connectivity index (χ3n) is 14.5. The first-order chi connectivity index (χ1) is 31.3. The van der Waals surface area contributed by atoms with Crippen molar-refractivity contribution in [1.29, 1.82) is 0 Å². The predicted molar refractivity (Wildman–Crippen MR) is 253 cm³/mol. The fourth-order valence-electron chi connectivity index (χ4n) is 10.3. The minimum atomic E-state index is -2.41. The molecular weight excluding hydrogens is 843 g/mol. The number of allylic oxidation sites excluding steroid dienone is 6. The second-order valence-corrected chi connectivity index (χ2v) is 19.8. The third-order valence-corrected chi connectivity index (χ3v) is 14.5. The van der Waals surface area contributed by atoms with E-state index in [1.54, 1.807) is 40.0 Å². The summed E-state index contributed by atoms with van der Waals surface area (Å²) in [6.07, 6.45) is 16.2. The molecule has 3 heterocycles. The molecule has 1 unspecified atom stereocenters. The van der Waals surface area contributed by atoms with E-state index in [1.807, 2.05) is 58.1 Å². The lowest BCUT2D eigenvalue weighted by molar-refractivity contribution is -0.265. The summed E-state index contributed by atoms with van der Waals surface area (Å²) in [5.74, 6) is -7.56. The second-order valence-electron chi connectivity index (χ2n) is 19.8. The number of rotatable bonds is 8. The van der Waals surface area contributed by atoms with Crippen LogP contribution in [0.3, 0.4) is 0 Å². The number of cyclic esters (lactones) is 1. The van der Waals surface area contributed by atoms with Gasteiger partial charge < -0.3 is 38.8 Å². The number of ketones is 3. The number of aliphatic hydroxyl groups is 2. The maximum Gasteiger partial charge on any atom is 0.329 e. The van der Waals surface area contributed by atoms with E-state index in [4.69, 9.17) is 23.7 Å². The quantitative estimate of drug-likeness (QED) is 0.138. The number of amides is 1. The van der Waals surface area contributed by atoms with Crippen LogP contribution in [0.15, 0.2) is 60.3 Å². The van der Waals surface area contributed by atoms with Crippen LogP contribution >= 0.6 is 0 Å². The smallest absolute Gasteiger partial charge is 0.329 e. The molecule has 0 aromatic carbocycles. The molecule has 4 rings (SSSR count). The maximum atomic E-state index is 14.4. The molecule has 2 bridgehead atoms. The van der Waals surface area contributed by atoms with Gasteiger partial charge in [0.25, 0.3) is 11.7 Å². The number of Topliss-reactive ketones (excluding diaryl/α,β-unsaturated/α-hetero) is 3. The molecular formula is C53H81NO12. The average molecular weight is 924 g/mol. The van der Waals surface area contributed by atoms with Crippen LogP contribution in [0.1, 0.15) is 132 Å². The number of hydrogen-bond acceptors (Lipinski definition) is 12. The van der Waals surface area contributed by atoms with E-state index < -0.39 is 77.8 Å². The van der Waals surface area contributed by atoms with Crippen molar-refractivity contribution in [3.8, 4) is 0 Å². The molecule has 3 fully saturated rings. The fraction of sp³-hybridized carbons (Fsp3) is 0.717. The highest BCUT2D eigenvalue weighted by Gasteiger charge is 2.53. The van der Waals surface area contributed by atoms with E-state index in [0.29, 0.717) is 57.1 Å². The van der Waals surface area contributed by atoms with Crippen molar-refractivity contribution in [3.63, 3.8) is 0 Å². The number of ether oxygens (including phenoxy) is 5. The molecule has 13 nitrogen and oxygen atoms in total. The summed E-state index contributed by atoms with van der Waals surface area (Å²) >= 11 is 0. The molecule has 3 aliphatic heterocycles. The third kappa shape index (κ3) is 15.0. The first-order valence-electron chi connectivity index (χ1n) is 24.5. The van der Waals surface area contributed by atoms with Crippen molar-refractivity contribution < 1.29 is 57.9 Å². The fourth-order valence-corrected chi connectivity index (χ4v) is 10.3. The molecule has 2 N–H and O–H groups in total. The lowest BCUT2D eigenvalue weighted by atomic mass is 9.79. The van der Waals surface area contributed by atoms with Crippen LogP contribution < -0.4 is 0 Å². The van der Waals surface area contributed by atoms with Gasteiger partial charge in [-0.15, -0.1) is 6.58 Å². The van der Waals surface area contributed by atoms with E-state index >= 15 is 0 Å². The molecule has 0 aromatic rings. The van der Waals surface area contributed by atoms with Crippen molar-refractivity contribution in [2.24, 2.45) is 35.5 Å². The molecule has 4 aliphatic rings. The number of nitrogens with zero attached hydrogens (tertiary/aromatic N) is 1. The minimum absolute atomic E-state index is 0.0277. The minimum Gasteiger partial charge on any atom is -0.460 e. The van der Waals surface area contributed by atoms with Gasteiger partial charge in [0, 0.05) is 51.4 Å². The van der Waals surface area contributed by atoms with Crippen molar-refractivity contribution in [1.82, 2.24) is 4.90 Å². The van der Waals surface area contributed by atoms with Crippen LogP contribution in [0.4, 0.5) is 0 Å². The van der Waals surface area contributed by atoms with Crippen LogP contribution in [0.25, 0.3) is 0 Å². The number of aliphatic hydroxyl groups excluding tert-OH is 1.